The molecule has 0 N–H and O–H groups in total. The lowest BCUT2D eigenvalue weighted by Gasteiger charge is -1.98. The maximum atomic E-state index is 3.15. The van der Waals surface area contributed by atoms with Crippen LogP contribution in [-0.2, 0) is 6.42 Å². The van der Waals surface area contributed by atoms with Crippen LogP contribution in [-0.4, -0.2) is 0 Å². The summed E-state index contributed by atoms with van der Waals surface area (Å²) in [6, 6.07) is 23.7. The van der Waals surface area contributed by atoms with Crippen molar-refractivity contribution in [2.75, 3.05) is 0 Å². The molecule has 2 aromatic carbocycles. The molecule has 0 spiro atoms. The number of rotatable bonds is 2. The van der Waals surface area contributed by atoms with Gasteiger partial charge in [-0.05, 0) is 41.8 Å². The minimum Gasteiger partial charge on any atom is -0.0537 e. The first-order valence-electron chi connectivity index (χ1n) is 4.18. The minimum absolute atomic E-state index is 0.856. The van der Waals surface area contributed by atoms with Gasteiger partial charge in [0, 0.05) is 0 Å². The van der Waals surface area contributed by atoms with E-state index < -0.39 is 0 Å². The highest BCUT2D eigenvalue weighted by atomic mass is 14.0. The van der Waals surface area contributed by atoms with Gasteiger partial charge in [-0.15, -0.1) is 0 Å². The van der Waals surface area contributed by atoms with Gasteiger partial charge >= 0.3 is 0 Å². The van der Waals surface area contributed by atoms with Crippen molar-refractivity contribution >= 4 is 0 Å². The first-order valence-corrected chi connectivity index (χ1v) is 4.18. The molecule has 0 atom stereocenters. The van der Waals surface area contributed by atoms with E-state index in [1.807, 2.05) is 36.4 Å². The van der Waals surface area contributed by atoms with E-state index in [4.69, 9.17) is 0 Å². The van der Waals surface area contributed by atoms with Gasteiger partial charge in [-0.25, -0.2) is 0 Å². The van der Waals surface area contributed by atoms with Crippen molar-refractivity contribution in [3.05, 3.63) is 71.8 Å². The molecule has 60 valence electrons. The molecule has 0 nitrogen and oxygen atoms in total. The van der Waals surface area contributed by atoms with Gasteiger partial charge in [0.05, 0.1) is 0 Å². The fourth-order valence-electron chi connectivity index (χ4n) is 1.18. The molecule has 0 aliphatic rings. The van der Waals surface area contributed by atoms with Crippen LogP contribution in [0.5, 0.6) is 0 Å². The average molecular weight is 164 g/mol. The number of benzene rings is 2. The standard InChI is InChI=1S/C13H8/c1-3-7-12(8-4-1)11-13-9-5-2-6-10-13/h1-3,5,8,10H,11H2. The van der Waals surface area contributed by atoms with Crippen LogP contribution in [0.2, 0.25) is 0 Å². The molecule has 0 heterocycles. The van der Waals surface area contributed by atoms with Crippen LogP contribution in [0.3, 0.4) is 0 Å². The molecule has 2 aromatic rings. The van der Waals surface area contributed by atoms with Crippen molar-refractivity contribution in [3.8, 4) is 0 Å². The third kappa shape index (κ3) is 2.19. The Labute approximate surface area is 78.9 Å². The van der Waals surface area contributed by atoms with Crippen molar-refractivity contribution < 1.29 is 0 Å². The summed E-state index contributed by atoms with van der Waals surface area (Å²) >= 11 is 0. The second kappa shape index (κ2) is 3.90. The summed E-state index contributed by atoms with van der Waals surface area (Å²) in [5.41, 5.74) is 2.27. The fourth-order valence-corrected chi connectivity index (χ4v) is 1.18. The van der Waals surface area contributed by atoms with Crippen LogP contribution in [0, 0.1) is 24.3 Å². The van der Waals surface area contributed by atoms with Gasteiger partial charge in [0.1, 0.15) is 0 Å². The Hall–Kier alpha value is -1.56. The number of hydrogen-bond donors (Lipinski definition) is 0. The Morgan fingerprint density at radius 3 is 1.69 bits per heavy atom. The van der Waals surface area contributed by atoms with Crippen molar-refractivity contribution in [3.63, 3.8) is 0 Å². The minimum atomic E-state index is 0.856. The lowest BCUT2D eigenvalue weighted by Crippen LogP contribution is -1.86. The topological polar surface area (TPSA) is 0 Å². The lowest BCUT2D eigenvalue weighted by molar-refractivity contribution is 1.18. The molecule has 0 aliphatic carbocycles. The average Bonchev–Trinajstić information content (AvgIpc) is 2.21. The van der Waals surface area contributed by atoms with Crippen molar-refractivity contribution in [1.82, 2.24) is 0 Å². The summed E-state index contributed by atoms with van der Waals surface area (Å²) in [7, 11) is 0. The monoisotopic (exact) mass is 164 g/mol. The van der Waals surface area contributed by atoms with E-state index in [1.54, 1.807) is 0 Å². The quantitative estimate of drug-likeness (QED) is 0.639. The molecule has 13 heavy (non-hydrogen) atoms. The molecular formula is C13H8. The van der Waals surface area contributed by atoms with E-state index in [0.717, 1.165) is 17.5 Å². The molecule has 0 aromatic heterocycles. The molecule has 2 rings (SSSR count). The van der Waals surface area contributed by atoms with E-state index in [0.29, 0.717) is 0 Å². The Bertz CT molecular complexity index is 311. The first kappa shape index (κ1) is 8.06. The maximum Gasteiger partial charge on any atom is -0.00130 e. The SMILES string of the molecule is [c]1cc[c]c(Cc2[c]cc[c]c2)c1. The van der Waals surface area contributed by atoms with Gasteiger partial charge in [-0.1, -0.05) is 36.4 Å². The van der Waals surface area contributed by atoms with Crippen LogP contribution in [0.25, 0.3) is 0 Å². The predicted molar refractivity (Wildman–Crippen MR) is 51.0 cm³/mol. The van der Waals surface area contributed by atoms with Gasteiger partial charge in [0.15, 0.2) is 0 Å². The summed E-state index contributed by atoms with van der Waals surface area (Å²) < 4.78 is 0. The van der Waals surface area contributed by atoms with Crippen LogP contribution in [0.15, 0.2) is 36.4 Å². The molecule has 0 bridgehead atoms. The van der Waals surface area contributed by atoms with Gasteiger partial charge in [-0.3, -0.25) is 0 Å². The molecule has 4 radical (unpaired) electrons. The second-order valence-electron chi connectivity index (χ2n) is 2.80. The van der Waals surface area contributed by atoms with Crippen molar-refractivity contribution in [1.29, 1.82) is 0 Å². The Morgan fingerprint density at radius 1 is 0.769 bits per heavy atom. The number of hydrogen-bond acceptors (Lipinski definition) is 0. The van der Waals surface area contributed by atoms with Crippen molar-refractivity contribution in [2.24, 2.45) is 0 Å². The highest BCUT2D eigenvalue weighted by molar-refractivity contribution is 5.23. The van der Waals surface area contributed by atoms with E-state index in [-0.39, 0.29) is 0 Å². The van der Waals surface area contributed by atoms with Crippen LogP contribution >= 0.6 is 0 Å². The Kier molecular flexibility index (Phi) is 2.42. The Morgan fingerprint density at radius 2 is 1.31 bits per heavy atom. The fraction of sp³-hybridized carbons (Fsp3) is 0.0769. The summed E-state index contributed by atoms with van der Waals surface area (Å²) in [6.07, 6.45) is 0.856. The van der Waals surface area contributed by atoms with Crippen LogP contribution in [0.4, 0.5) is 0 Å². The molecule has 0 saturated heterocycles. The molecule has 0 heteroatoms. The second-order valence-corrected chi connectivity index (χ2v) is 2.80. The van der Waals surface area contributed by atoms with Gasteiger partial charge in [-0.2, -0.15) is 0 Å². The zero-order chi connectivity index (χ0) is 8.93. The third-order valence-electron chi connectivity index (χ3n) is 1.79. The van der Waals surface area contributed by atoms with Crippen molar-refractivity contribution in [2.45, 2.75) is 6.42 Å². The summed E-state index contributed by atoms with van der Waals surface area (Å²) in [6.45, 7) is 0. The van der Waals surface area contributed by atoms with E-state index >= 15 is 0 Å². The molecular weight excluding hydrogens is 156 g/mol. The molecule has 0 amide bonds. The predicted octanol–water partition coefficient (Wildman–Crippen LogP) is 2.48. The largest absolute Gasteiger partial charge is 0.0537 e. The summed E-state index contributed by atoms with van der Waals surface area (Å²) in [5.74, 6) is 0. The third-order valence-corrected chi connectivity index (χ3v) is 1.79. The smallest absolute Gasteiger partial charge is 0.00130 e. The highest BCUT2D eigenvalue weighted by Gasteiger charge is 1.93. The zero-order valence-electron chi connectivity index (χ0n) is 7.17. The van der Waals surface area contributed by atoms with Gasteiger partial charge in [0.2, 0.25) is 0 Å². The first-order chi connectivity index (χ1) is 6.45. The van der Waals surface area contributed by atoms with E-state index in [9.17, 15) is 0 Å². The maximum absolute atomic E-state index is 3.15. The van der Waals surface area contributed by atoms with E-state index in [1.165, 1.54) is 0 Å². The van der Waals surface area contributed by atoms with E-state index in [2.05, 4.69) is 24.3 Å². The van der Waals surface area contributed by atoms with Gasteiger partial charge < -0.3 is 0 Å². The zero-order valence-corrected chi connectivity index (χ0v) is 7.17. The van der Waals surface area contributed by atoms with Gasteiger partial charge in [0.25, 0.3) is 0 Å². The Balaban J connectivity index is 2.16. The van der Waals surface area contributed by atoms with Crippen LogP contribution < -0.4 is 0 Å². The normalized spacial score (nSPS) is 9.85. The molecule has 0 saturated carbocycles. The summed E-state index contributed by atoms with van der Waals surface area (Å²) in [4.78, 5) is 0. The van der Waals surface area contributed by atoms with Crippen LogP contribution in [0.1, 0.15) is 11.1 Å². The molecule has 0 aliphatic heterocycles. The summed E-state index contributed by atoms with van der Waals surface area (Å²) in [5, 5.41) is 0. The molecule has 0 fully saturated rings. The molecule has 0 unspecified atom stereocenters. The highest BCUT2D eigenvalue weighted by Crippen LogP contribution is 2.06. The lowest BCUT2D eigenvalue weighted by atomic mass is 10.1.